The molecule has 0 saturated heterocycles. The summed E-state index contributed by atoms with van der Waals surface area (Å²) in [7, 11) is -3.45. The maximum absolute atomic E-state index is 13.2. The van der Waals surface area contributed by atoms with Crippen LogP contribution in [0.5, 0.6) is 0 Å². The summed E-state index contributed by atoms with van der Waals surface area (Å²) in [6, 6.07) is 12.1. The van der Waals surface area contributed by atoms with Gasteiger partial charge in [0, 0.05) is 0 Å². The lowest BCUT2D eigenvalue weighted by Crippen LogP contribution is -2.05. The molecule has 2 rings (SSSR count). The highest BCUT2D eigenvalue weighted by atomic mass is 32.2. The Hall–Kier alpha value is -1.88. The van der Waals surface area contributed by atoms with E-state index in [1.807, 2.05) is 0 Å². The van der Waals surface area contributed by atoms with Gasteiger partial charge in [0.05, 0.1) is 16.3 Å². The van der Waals surface area contributed by atoms with Crippen LogP contribution in [0.3, 0.4) is 0 Å². The predicted octanol–water partition coefficient (Wildman–Crippen LogP) is 2.38. The quantitative estimate of drug-likeness (QED) is 0.867. The largest absolute Gasteiger partial charge is 0.396 e. The molecule has 5 heteroatoms. The van der Waals surface area contributed by atoms with Crippen LogP contribution in [0.2, 0.25) is 0 Å². The van der Waals surface area contributed by atoms with Gasteiger partial charge in [-0.1, -0.05) is 24.3 Å². The van der Waals surface area contributed by atoms with E-state index in [-0.39, 0.29) is 16.3 Å². The first-order valence-electron chi connectivity index (χ1n) is 5.31. The molecule has 0 amide bonds. The van der Waals surface area contributed by atoms with E-state index >= 15 is 0 Å². The molecular weight excluding hydrogens is 253 g/mol. The molecule has 0 spiro atoms. The van der Waals surface area contributed by atoms with E-state index < -0.39 is 15.7 Å². The molecule has 0 bridgehead atoms. The Kier molecular flexibility index (Phi) is 3.34. The summed E-state index contributed by atoms with van der Waals surface area (Å²) in [5, 5.41) is 0. The van der Waals surface area contributed by atoms with Gasteiger partial charge in [-0.25, -0.2) is 12.8 Å². The Morgan fingerprint density at radius 2 is 1.72 bits per heavy atom. The number of hydrogen-bond acceptors (Lipinski definition) is 3. The maximum atomic E-state index is 13.2. The maximum Gasteiger partial charge on any atom is 0.182 e. The second-order valence-corrected chi connectivity index (χ2v) is 5.92. The molecule has 94 valence electrons. The average Bonchev–Trinajstić information content (AvgIpc) is 2.35. The Morgan fingerprint density at radius 3 is 2.33 bits per heavy atom. The lowest BCUT2D eigenvalue weighted by molar-refractivity contribution is 0.594. The molecule has 0 aliphatic heterocycles. The molecule has 3 nitrogen and oxygen atoms in total. The molecule has 0 heterocycles. The van der Waals surface area contributed by atoms with Gasteiger partial charge in [-0.3, -0.25) is 0 Å². The molecule has 0 radical (unpaired) electrons. The second kappa shape index (κ2) is 4.78. The van der Waals surface area contributed by atoms with Crippen molar-refractivity contribution in [2.45, 2.75) is 10.6 Å². The molecule has 2 aromatic rings. The predicted molar refractivity (Wildman–Crippen MR) is 68.1 cm³/mol. The fourth-order valence-electron chi connectivity index (χ4n) is 1.59. The number of halogens is 1. The summed E-state index contributed by atoms with van der Waals surface area (Å²) in [4.78, 5) is 0.224. The molecule has 0 saturated carbocycles. The molecule has 0 fully saturated rings. The average molecular weight is 265 g/mol. The molecule has 0 aliphatic carbocycles. The van der Waals surface area contributed by atoms with Crippen LogP contribution in [-0.4, -0.2) is 8.42 Å². The summed E-state index contributed by atoms with van der Waals surface area (Å²) >= 11 is 0. The number of nitrogens with two attached hydrogens (primary N) is 1. The molecule has 18 heavy (non-hydrogen) atoms. The van der Waals surface area contributed by atoms with Crippen LogP contribution < -0.4 is 5.73 Å². The van der Waals surface area contributed by atoms with E-state index in [1.54, 1.807) is 18.2 Å². The van der Waals surface area contributed by atoms with Crippen molar-refractivity contribution in [3.63, 3.8) is 0 Å². The Labute approximate surface area is 105 Å². The summed E-state index contributed by atoms with van der Waals surface area (Å²) in [5.41, 5.74) is 5.73. The summed E-state index contributed by atoms with van der Waals surface area (Å²) < 4.78 is 37.3. The van der Waals surface area contributed by atoms with Crippen molar-refractivity contribution in [3.05, 3.63) is 59.9 Å². The third kappa shape index (κ3) is 2.68. The monoisotopic (exact) mass is 265 g/mol. The Balaban J connectivity index is 2.31. The lowest BCUT2D eigenvalue weighted by atomic mass is 10.2. The smallest absolute Gasteiger partial charge is 0.182 e. The van der Waals surface area contributed by atoms with Gasteiger partial charge in [0.2, 0.25) is 0 Å². The number of rotatable bonds is 3. The summed E-state index contributed by atoms with van der Waals surface area (Å²) in [5.74, 6) is -0.843. The standard InChI is InChI=1S/C13H12FNO2S/c14-12-8-10(6-7-13(12)15)9-18(16,17)11-4-2-1-3-5-11/h1-8H,9,15H2. The zero-order valence-corrected chi connectivity index (χ0v) is 10.3. The minimum atomic E-state index is -3.45. The zero-order valence-electron chi connectivity index (χ0n) is 9.51. The first kappa shape index (κ1) is 12.6. The van der Waals surface area contributed by atoms with Crippen LogP contribution in [0.25, 0.3) is 0 Å². The minimum absolute atomic E-state index is 0.0101. The summed E-state index contributed by atoms with van der Waals surface area (Å²) in [6.45, 7) is 0. The van der Waals surface area contributed by atoms with Gasteiger partial charge in [-0.05, 0) is 29.8 Å². The van der Waals surface area contributed by atoms with Crippen LogP contribution in [0.4, 0.5) is 10.1 Å². The van der Waals surface area contributed by atoms with E-state index in [4.69, 9.17) is 5.73 Å². The molecular formula is C13H12FNO2S. The highest BCUT2D eigenvalue weighted by Crippen LogP contribution is 2.18. The van der Waals surface area contributed by atoms with E-state index in [0.717, 1.165) is 6.07 Å². The van der Waals surface area contributed by atoms with Crippen molar-refractivity contribution >= 4 is 15.5 Å². The van der Waals surface area contributed by atoms with Gasteiger partial charge in [0.15, 0.2) is 9.84 Å². The number of sulfone groups is 1. The van der Waals surface area contributed by atoms with Gasteiger partial charge in [-0.15, -0.1) is 0 Å². The molecule has 0 aromatic heterocycles. The normalized spacial score (nSPS) is 11.4. The number of hydrogen-bond donors (Lipinski definition) is 1. The van der Waals surface area contributed by atoms with Gasteiger partial charge in [0.25, 0.3) is 0 Å². The van der Waals surface area contributed by atoms with Gasteiger partial charge < -0.3 is 5.73 Å². The highest BCUT2D eigenvalue weighted by Gasteiger charge is 2.15. The van der Waals surface area contributed by atoms with Crippen LogP contribution >= 0.6 is 0 Å². The zero-order chi connectivity index (χ0) is 13.2. The number of nitrogen functional groups attached to an aromatic ring is 1. The second-order valence-electron chi connectivity index (χ2n) is 3.93. The highest BCUT2D eigenvalue weighted by molar-refractivity contribution is 7.90. The first-order chi connectivity index (χ1) is 8.49. The van der Waals surface area contributed by atoms with Crippen molar-refractivity contribution in [1.82, 2.24) is 0 Å². The number of benzene rings is 2. The van der Waals surface area contributed by atoms with E-state index in [1.165, 1.54) is 24.3 Å². The van der Waals surface area contributed by atoms with E-state index in [2.05, 4.69) is 0 Å². The Bertz CT molecular complexity index is 654. The fraction of sp³-hybridized carbons (Fsp3) is 0.0769. The van der Waals surface area contributed by atoms with Crippen LogP contribution in [0, 0.1) is 5.82 Å². The van der Waals surface area contributed by atoms with Crippen molar-refractivity contribution < 1.29 is 12.8 Å². The first-order valence-corrected chi connectivity index (χ1v) is 6.96. The SMILES string of the molecule is Nc1ccc(CS(=O)(=O)c2ccccc2)cc1F. The summed E-state index contributed by atoms with van der Waals surface area (Å²) in [6.07, 6.45) is 0. The Morgan fingerprint density at radius 1 is 1.06 bits per heavy atom. The molecule has 0 aliphatic rings. The van der Waals surface area contributed by atoms with Crippen molar-refractivity contribution in [1.29, 1.82) is 0 Å². The minimum Gasteiger partial charge on any atom is -0.396 e. The van der Waals surface area contributed by atoms with E-state index in [0.29, 0.717) is 5.56 Å². The van der Waals surface area contributed by atoms with Gasteiger partial charge in [0.1, 0.15) is 5.82 Å². The van der Waals surface area contributed by atoms with Crippen LogP contribution in [0.1, 0.15) is 5.56 Å². The van der Waals surface area contributed by atoms with E-state index in [9.17, 15) is 12.8 Å². The molecule has 2 N–H and O–H groups in total. The third-order valence-electron chi connectivity index (χ3n) is 2.52. The fourth-order valence-corrected chi connectivity index (χ4v) is 2.95. The van der Waals surface area contributed by atoms with Crippen LogP contribution in [-0.2, 0) is 15.6 Å². The van der Waals surface area contributed by atoms with Crippen molar-refractivity contribution in [2.75, 3.05) is 5.73 Å². The number of anilines is 1. The molecule has 0 atom stereocenters. The van der Waals surface area contributed by atoms with Crippen molar-refractivity contribution in [3.8, 4) is 0 Å². The third-order valence-corrected chi connectivity index (χ3v) is 4.23. The van der Waals surface area contributed by atoms with Crippen molar-refractivity contribution in [2.24, 2.45) is 0 Å². The topological polar surface area (TPSA) is 60.2 Å². The van der Waals surface area contributed by atoms with Gasteiger partial charge in [-0.2, -0.15) is 0 Å². The van der Waals surface area contributed by atoms with Gasteiger partial charge >= 0.3 is 0 Å². The molecule has 2 aromatic carbocycles. The lowest BCUT2D eigenvalue weighted by Gasteiger charge is -2.05. The van der Waals surface area contributed by atoms with Crippen LogP contribution in [0.15, 0.2) is 53.4 Å². The molecule has 0 unspecified atom stereocenters.